The van der Waals surface area contributed by atoms with Crippen LogP contribution in [0.25, 0.3) is 0 Å². The van der Waals surface area contributed by atoms with Gasteiger partial charge in [-0.1, -0.05) is 13.8 Å². The minimum Gasteiger partial charge on any atom is -0.349 e. The predicted octanol–water partition coefficient (Wildman–Crippen LogP) is 1.05. The van der Waals surface area contributed by atoms with Crippen LogP contribution in [0.4, 0.5) is 0 Å². The molecule has 3 nitrogen and oxygen atoms in total. The molecule has 1 saturated heterocycles. The van der Waals surface area contributed by atoms with Crippen LogP contribution >= 0.6 is 0 Å². The molecule has 1 rings (SSSR count). The Morgan fingerprint density at radius 2 is 2.14 bits per heavy atom. The molecule has 0 aromatic heterocycles. The molecule has 0 aromatic rings. The van der Waals surface area contributed by atoms with Gasteiger partial charge in [-0.3, -0.25) is 4.79 Å². The van der Waals surface area contributed by atoms with Gasteiger partial charge in [0.2, 0.25) is 5.91 Å². The molecule has 0 N–H and O–H groups in total. The van der Waals surface area contributed by atoms with Gasteiger partial charge in [-0.25, -0.2) is 0 Å². The van der Waals surface area contributed by atoms with Crippen molar-refractivity contribution in [2.45, 2.75) is 20.3 Å². The topological polar surface area (TPSA) is 23.6 Å². The van der Waals surface area contributed by atoms with Gasteiger partial charge in [0.05, 0.1) is 5.92 Å². The third-order valence-corrected chi connectivity index (χ3v) is 2.69. The third-order valence-electron chi connectivity index (χ3n) is 2.69. The van der Waals surface area contributed by atoms with Crippen molar-refractivity contribution in [3.05, 3.63) is 0 Å². The van der Waals surface area contributed by atoms with Crippen LogP contribution in [0.2, 0.25) is 0 Å². The van der Waals surface area contributed by atoms with Gasteiger partial charge in [0.25, 0.3) is 0 Å². The fourth-order valence-electron chi connectivity index (χ4n) is 2.08. The van der Waals surface area contributed by atoms with Crippen LogP contribution in [0.3, 0.4) is 0 Å². The first-order chi connectivity index (χ1) is 6.50. The summed E-state index contributed by atoms with van der Waals surface area (Å²) in [5, 5.41) is 0. The van der Waals surface area contributed by atoms with Crippen molar-refractivity contribution in [1.29, 1.82) is 0 Å². The lowest BCUT2D eigenvalue weighted by Gasteiger charge is -2.19. The van der Waals surface area contributed by atoms with Crippen LogP contribution in [0.5, 0.6) is 0 Å². The Hall–Kier alpha value is -0.570. The fourth-order valence-corrected chi connectivity index (χ4v) is 2.08. The summed E-state index contributed by atoms with van der Waals surface area (Å²) >= 11 is 0. The lowest BCUT2D eigenvalue weighted by Crippen LogP contribution is -2.32. The maximum atomic E-state index is 11.7. The summed E-state index contributed by atoms with van der Waals surface area (Å²) in [7, 11) is 3.68. The van der Waals surface area contributed by atoms with E-state index in [2.05, 4.69) is 18.7 Å². The van der Waals surface area contributed by atoms with E-state index in [4.69, 9.17) is 0 Å². The smallest absolute Gasteiger partial charge is 0.226 e. The zero-order chi connectivity index (χ0) is 10.7. The molecule has 0 bridgehead atoms. The first kappa shape index (κ1) is 11.5. The molecule has 1 aliphatic heterocycles. The van der Waals surface area contributed by atoms with Crippen LogP contribution in [0.15, 0.2) is 0 Å². The second-order valence-corrected chi connectivity index (χ2v) is 4.87. The molecule has 14 heavy (non-hydrogen) atoms. The van der Waals surface area contributed by atoms with Crippen LogP contribution in [-0.4, -0.2) is 49.4 Å². The zero-order valence-electron chi connectivity index (χ0n) is 9.79. The van der Waals surface area contributed by atoms with E-state index in [1.807, 2.05) is 14.1 Å². The molecule has 0 aromatic carbocycles. The summed E-state index contributed by atoms with van der Waals surface area (Å²) in [6.07, 6.45) is 1.03. The molecular formula is C11H22N2O. The van der Waals surface area contributed by atoms with Gasteiger partial charge in [0, 0.05) is 27.2 Å². The molecule has 82 valence electrons. The Kier molecular flexibility index (Phi) is 3.93. The summed E-state index contributed by atoms with van der Waals surface area (Å²) in [5.41, 5.74) is 0. The first-order valence-electron chi connectivity index (χ1n) is 5.44. The van der Waals surface area contributed by atoms with Crippen molar-refractivity contribution >= 4 is 5.91 Å². The molecule has 1 amide bonds. The molecule has 0 aliphatic carbocycles. The van der Waals surface area contributed by atoms with E-state index in [9.17, 15) is 4.79 Å². The minimum absolute atomic E-state index is 0.240. The van der Waals surface area contributed by atoms with E-state index in [0.29, 0.717) is 5.92 Å². The second-order valence-electron chi connectivity index (χ2n) is 4.87. The SMILES string of the molecule is CC(C)CN1CC[C@@H](C(=O)N(C)C)C1. The third kappa shape index (κ3) is 2.98. The second kappa shape index (κ2) is 4.78. The molecule has 0 spiro atoms. The molecular weight excluding hydrogens is 176 g/mol. The highest BCUT2D eigenvalue weighted by molar-refractivity contribution is 5.78. The van der Waals surface area contributed by atoms with Crippen molar-refractivity contribution in [2.24, 2.45) is 11.8 Å². The molecule has 3 heteroatoms. The minimum atomic E-state index is 0.240. The Morgan fingerprint density at radius 3 is 2.64 bits per heavy atom. The van der Waals surface area contributed by atoms with Crippen LogP contribution in [-0.2, 0) is 4.79 Å². The van der Waals surface area contributed by atoms with Gasteiger partial charge in [-0.15, -0.1) is 0 Å². The van der Waals surface area contributed by atoms with E-state index in [0.717, 1.165) is 26.1 Å². The molecule has 1 fully saturated rings. The number of rotatable bonds is 3. The average molecular weight is 198 g/mol. The van der Waals surface area contributed by atoms with E-state index >= 15 is 0 Å². The lowest BCUT2D eigenvalue weighted by molar-refractivity contribution is -0.132. The summed E-state index contributed by atoms with van der Waals surface area (Å²) in [6, 6.07) is 0. The maximum Gasteiger partial charge on any atom is 0.226 e. The van der Waals surface area contributed by atoms with Crippen molar-refractivity contribution in [2.75, 3.05) is 33.7 Å². The van der Waals surface area contributed by atoms with E-state index < -0.39 is 0 Å². The van der Waals surface area contributed by atoms with Crippen molar-refractivity contribution in [3.8, 4) is 0 Å². The molecule has 1 heterocycles. The van der Waals surface area contributed by atoms with Crippen LogP contribution in [0, 0.1) is 11.8 Å². The van der Waals surface area contributed by atoms with Gasteiger partial charge in [-0.2, -0.15) is 0 Å². The zero-order valence-corrected chi connectivity index (χ0v) is 9.79. The number of hydrogen-bond acceptors (Lipinski definition) is 2. The Bertz CT molecular complexity index is 201. The van der Waals surface area contributed by atoms with Gasteiger partial charge in [0.1, 0.15) is 0 Å². The quantitative estimate of drug-likeness (QED) is 0.677. The fraction of sp³-hybridized carbons (Fsp3) is 0.909. The summed E-state index contributed by atoms with van der Waals surface area (Å²) < 4.78 is 0. The average Bonchev–Trinajstić information content (AvgIpc) is 2.50. The first-order valence-corrected chi connectivity index (χ1v) is 5.44. The van der Waals surface area contributed by atoms with E-state index in [1.54, 1.807) is 4.90 Å². The molecule has 0 unspecified atom stereocenters. The van der Waals surface area contributed by atoms with Crippen molar-refractivity contribution < 1.29 is 4.79 Å². The number of amides is 1. The van der Waals surface area contributed by atoms with Gasteiger partial charge < -0.3 is 9.80 Å². The summed E-state index contributed by atoms with van der Waals surface area (Å²) in [6.45, 7) is 7.61. The highest BCUT2D eigenvalue weighted by atomic mass is 16.2. The number of likely N-dealkylation sites (tertiary alicyclic amines) is 1. The van der Waals surface area contributed by atoms with Gasteiger partial charge in [-0.05, 0) is 18.9 Å². The van der Waals surface area contributed by atoms with Crippen molar-refractivity contribution in [3.63, 3.8) is 0 Å². The predicted molar refractivity (Wildman–Crippen MR) is 58.1 cm³/mol. The van der Waals surface area contributed by atoms with Crippen molar-refractivity contribution in [1.82, 2.24) is 9.80 Å². The normalized spacial score (nSPS) is 23.1. The molecule has 0 saturated carbocycles. The number of carbonyl (C=O) groups is 1. The number of hydrogen-bond donors (Lipinski definition) is 0. The highest BCUT2D eigenvalue weighted by Crippen LogP contribution is 2.18. The van der Waals surface area contributed by atoms with E-state index in [1.165, 1.54) is 0 Å². The molecule has 1 atom stereocenters. The van der Waals surface area contributed by atoms with Crippen LogP contribution in [0.1, 0.15) is 20.3 Å². The monoisotopic (exact) mass is 198 g/mol. The Morgan fingerprint density at radius 1 is 1.50 bits per heavy atom. The largest absolute Gasteiger partial charge is 0.349 e. The summed E-state index contributed by atoms with van der Waals surface area (Å²) in [5.74, 6) is 1.23. The van der Waals surface area contributed by atoms with Crippen LogP contribution < -0.4 is 0 Å². The molecule has 0 radical (unpaired) electrons. The molecule has 1 aliphatic rings. The Balaban J connectivity index is 2.37. The Labute approximate surface area is 87.1 Å². The van der Waals surface area contributed by atoms with Gasteiger partial charge >= 0.3 is 0 Å². The number of carbonyl (C=O) groups excluding carboxylic acids is 1. The number of nitrogens with zero attached hydrogens (tertiary/aromatic N) is 2. The summed E-state index contributed by atoms with van der Waals surface area (Å²) in [4.78, 5) is 15.8. The standard InChI is InChI=1S/C11H22N2O/c1-9(2)7-13-6-5-10(8-13)11(14)12(3)4/h9-10H,5-8H2,1-4H3/t10-/m1/s1. The maximum absolute atomic E-state index is 11.7. The lowest BCUT2D eigenvalue weighted by atomic mass is 10.1. The van der Waals surface area contributed by atoms with Gasteiger partial charge in [0.15, 0.2) is 0 Å². The highest BCUT2D eigenvalue weighted by Gasteiger charge is 2.29. The van der Waals surface area contributed by atoms with E-state index in [-0.39, 0.29) is 11.8 Å².